The first-order valence-electron chi connectivity index (χ1n) is 6.97. The number of rotatable bonds is 5. The Morgan fingerprint density at radius 2 is 1.88 bits per heavy atom. The van der Waals surface area contributed by atoms with Crippen LogP contribution in [0.3, 0.4) is 0 Å². The van der Waals surface area contributed by atoms with Crippen molar-refractivity contribution < 1.29 is 27.8 Å². The Hall–Kier alpha value is -2.96. The van der Waals surface area contributed by atoms with E-state index in [0.717, 1.165) is 23.8 Å². The number of methoxy groups -OCH3 is 1. The first-order valence-corrected chi connectivity index (χ1v) is 6.97. The lowest BCUT2D eigenvalue weighted by Crippen LogP contribution is -2.21. The average molecular weight is 335 g/mol. The van der Waals surface area contributed by atoms with Gasteiger partial charge < -0.3 is 14.8 Å². The Balaban J connectivity index is 1.96. The quantitative estimate of drug-likeness (QED) is 0.853. The standard InChI is InChI=1S/C17H15F2NO4/c1-10-3-4-11(7-15(10)23-2)17(22)24-9-16(21)20-14-8-12(18)5-6-13(14)19/h3-8H,9H2,1-2H3,(H,20,21). The lowest BCUT2D eigenvalue weighted by atomic mass is 10.1. The molecule has 0 saturated carbocycles. The molecule has 1 amide bonds. The molecule has 0 fully saturated rings. The van der Waals surface area contributed by atoms with Crippen LogP contribution in [0.5, 0.6) is 5.75 Å². The fourth-order valence-electron chi connectivity index (χ4n) is 1.94. The van der Waals surface area contributed by atoms with Crippen LogP contribution in [-0.4, -0.2) is 25.6 Å². The van der Waals surface area contributed by atoms with Crippen molar-refractivity contribution in [3.63, 3.8) is 0 Å². The number of aryl methyl sites for hydroxylation is 1. The Kier molecular flexibility index (Phi) is 5.47. The predicted octanol–water partition coefficient (Wildman–Crippen LogP) is 3.08. The van der Waals surface area contributed by atoms with Gasteiger partial charge in [-0.05, 0) is 36.8 Å². The number of amides is 1. The number of nitrogens with one attached hydrogen (secondary N) is 1. The second-order valence-electron chi connectivity index (χ2n) is 4.93. The highest BCUT2D eigenvalue weighted by Gasteiger charge is 2.13. The van der Waals surface area contributed by atoms with Gasteiger partial charge in [-0.2, -0.15) is 0 Å². The zero-order valence-electron chi connectivity index (χ0n) is 13.1. The summed E-state index contributed by atoms with van der Waals surface area (Å²) in [5, 5.41) is 2.13. The van der Waals surface area contributed by atoms with Crippen LogP contribution < -0.4 is 10.1 Å². The highest BCUT2D eigenvalue weighted by atomic mass is 19.1. The molecule has 24 heavy (non-hydrogen) atoms. The summed E-state index contributed by atoms with van der Waals surface area (Å²) in [5.74, 6) is -2.50. The van der Waals surface area contributed by atoms with E-state index >= 15 is 0 Å². The second kappa shape index (κ2) is 7.54. The number of hydrogen-bond donors (Lipinski definition) is 1. The number of hydrogen-bond acceptors (Lipinski definition) is 4. The van der Waals surface area contributed by atoms with E-state index in [1.165, 1.54) is 19.2 Å². The molecule has 0 radical (unpaired) electrons. The lowest BCUT2D eigenvalue weighted by Gasteiger charge is -2.09. The Morgan fingerprint density at radius 1 is 1.12 bits per heavy atom. The van der Waals surface area contributed by atoms with Gasteiger partial charge in [0.15, 0.2) is 6.61 Å². The molecule has 0 saturated heterocycles. The molecule has 1 N–H and O–H groups in total. The van der Waals surface area contributed by atoms with E-state index in [0.29, 0.717) is 5.75 Å². The number of ether oxygens (including phenoxy) is 2. The summed E-state index contributed by atoms with van der Waals surface area (Å²) < 4.78 is 36.4. The maximum absolute atomic E-state index is 13.4. The van der Waals surface area contributed by atoms with Crippen molar-refractivity contribution in [2.45, 2.75) is 6.92 Å². The monoisotopic (exact) mass is 335 g/mol. The largest absolute Gasteiger partial charge is 0.496 e. The zero-order valence-corrected chi connectivity index (χ0v) is 13.1. The molecule has 0 aromatic heterocycles. The van der Waals surface area contributed by atoms with Gasteiger partial charge in [-0.1, -0.05) is 6.07 Å². The van der Waals surface area contributed by atoms with Crippen LogP contribution in [0.4, 0.5) is 14.5 Å². The van der Waals surface area contributed by atoms with Crippen molar-refractivity contribution in [3.8, 4) is 5.75 Å². The van der Waals surface area contributed by atoms with Crippen LogP contribution in [-0.2, 0) is 9.53 Å². The SMILES string of the molecule is COc1cc(C(=O)OCC(=O)Nc2cc(F)ccc2F)ccc1C. The molecule has 0 aliphatic heterocycles. The summed E-state index contributed by atoms with van der Waals surface area (Å²) in [4.78, 5) is 23.6. The molecular formula is C17H15F2NO4. The van der Waals surface area contributed by atoms with Crippen LogP contribution >= 0.6 is 0 Å². The van der Waals surface area contributed by atoms with E-state index in [1.54, 1.807) is 6.07 Å². The summed E-state index contributed by atoms with van der Waals surface area (Å²) in [6.07, 6.45) is 0. The predicted molar refractivity (Wildman–Crippen MR) is 83.0 cm³/mol. The summed E-state index contributed by atoms with van der Waals surface area (Å²) in [7, 11) is 1.47. The van der Waals surface area contributed by atoms with Crippen molar-refractivity contribution in [2.75, 3.05) is 19.0 Å². The first kappa shape index (κ1) is 17.4. The number of carbonyl (C=O) groups is 2. The van der Waals surface area contributed by atoms with Crippen molar-refractivity contribution in [1.29, 1.82) is 0 Å². The minimum atomic E-state index is -0.792. The molecule has 0 heterocycles. The van der Waals surface area contributed by atoms with Crippen LogP contribution in [0.1, 0.15) is 15.9 Å². The van der Waals surface area contributed by atoms with Crippen molar-refractivity contribution >= 4 is 17.6 Å². The van der Waals surface area contributed by atoms with Gasteiger partial charge in [0.05, 0.1) is 18.4 Å². The maximum atomic E-state index is 13.4. The van der Waals surface area contributed by atoms with Crippen LogP contribution in [0.2, 0.25) is 0 Å². The number of halogens is 2. The molecule has 5 nitrogen and oxygen atoms in total. The Labute approximate surface area is 137 Å². The molecule has 0 aliphatic rings. The number of carbonyl (C=O) groups excluding carboxylic acids is 2. The minimum Gasteiger partial charge on any atom is -0.496 e. The summed E-state index contributed by atoms with van der Waals surface area (Å²) in [6.45, 7) is 1.18. The Bertz CT molecular complexity index is 777. The van der Waals surface area contributed by atoms with E-state index in [-0.39, 0.29) is 11.3 Å². The van der Waals surface area contributed by atoms with Gasteiger partial charge in [0.25, 0.3) is 5.91 Å². The molecule has 0 bridgehead atoms. The summed E-state index contributed by atoms with van der Waals surface area (Å²) in [6, 6.07) is 7.34. The Morgan fingerprint density at radius 3 is 2.58 bits per heavy atom. The van der Waals surface area contributed by atoms with Crippen molar-refractivity contribution in [1.82, 2.24) is 0 Å². The highest BCUT2D eigenvalue weighted by Crippen LogP contribution is 2.19. The van der Waals surface area contributed by atoms with Crippen molar-refractivity contribution in [2.24, 2.45) is 0 Å². The molecule has 0 aliphatic carbocycles. The van der Waals surface area contributed by atoms with Gasteiger partial charge in [-0.3, -0.25) is 4.79 Å². The number of anilines is 1. The minimum absolute atomic E-state index is 0.210. The fraction of sp³-hybridized carbons (Fsp3) is 0.176. The third kappa shape index (κ3) is 4.28. The topological polar surface area (TPSA) is 64.6 Å². The fourth-order valence-corrected chi connectivity index (χ4v) is 1.94. The van der Waals surface area contributed by atoms with Gasteiger partial charge in [0.2, 0.25) is 0 Å². The first-order chi connectivity index (χ1) is 11.4. The molecule has 2 aromatic carbocycles. The summed E-state index contributed by atoms with van der Waals surface area (Å²) >= 11 is 0. The van der Waals surface area contributed by atoms with Crippen LogP contribution in [0, 0.1) is 18.6 Å². The van der Waals surface area contributed by atoms with Gasteiger partial charge in [-0.15, -0.1) is 0 Å². The molecular weight excluding hydrogens is 320 g/mol. The molecule has 0 atom stereocenters. The molecule has 0 unspecified atom stereocenters. The van der Waals surface area contributed by atoms with E-state index in [9.17, 15) is 18.4 Å². The molecule has 0 spiro atoms. The van der Waals surface area contributed by atoms with E-state index in [1.807, 2.05) is 6.92 Å². The normalized spacial score (nSPS) is 10.2. The van der Waals surface area contributed by atoms with E-state index < -0.39 is 30.1 Å². The highest BCUT2D eigenvalue weighted by molar-refractivity contribution is 5.95. The third-order valence-electron chi connectivity index (χ3n) is 3.18. The van der Waals surface area contributed by atoms with Crippen LogP contribution in [0.15, 0.2) is 36.4 Å². The molecule has 126 valence electrons. The molecule has 2 rings (SSSR count). The molecule has 7 heteroatoms. The van der Waals surface area contributed by atoms with Crippen LogP contribution in [0.25, 0.3) is 0 Å². The summed E-state index contributed by atoms with van der Waals surface area (Å²) in [5.41, 5.74) is 0.726. The van der Waals surface area contributed by atoms with Gasteiger partial charge in [-0.25, -0.2) is 13.6 Å². The molecule has 2 aromatic rings. The van der Waals surface area contributed by atoms with Gasteiger partial charge in [0.1, 0.15) is 17.4 Å². The van der Waals surface area contributed by atoms with E-state index in [2.05, 4.69) is 5.32 Å². The third-order valence-corrected chi connectivity index (χ3v) is 3.18. The maximum Gasteiger partial charge on any atom is 0.338 e. The second-order valence-corrected chi connectivity index (χ2v) is 4.93. The average Bonchev–Trinajstić information content (AvgIpc) is 2.56. The van der Waals surface area contributed by atoms with Gasteiger partial charge in [0, 0.05) is 6.07 Å². The van der Waals surface area contributed by atoms with E-state index in [4.69, 9.17) is 9.47 Å². The smallest absolute Gasteiger partial charge is 0.338 e. The number of benzene rings is 2. The van der Waals surface area contributed by atoms with Gasteiger partial charge >= 0.3 is 5.97 Å². The zero-order chi connectivity index (χ0) is 17.7. The number of esters is 1. The van der Waals surface area contributed by atoms with Crippen molar-refractivity contribution in [3.05, 3.63) is 59.2 Å². The lowest BCUT2D eigenvalue weighted by molar-refractivity contribution is -0.119.